The van der Waals surface area contributed by atoms with Crippen LogP contribution < -0.4 is 0 Å². The van der Waals surface area contributed by atoms with E-state index in [1.807, 2.05) is 0 Å². The Hall–Kier alpha value is -1.92. The van der Waals surface area contributed by atoms with Gasteiger partial charge in [0.1, 0.15) is 19.6 Å². The molecule has 2 aromatic carbocycles. The van der Waals surface area contributed by atoms with E-state index in [1.165, 1.54) is 49.9 Å². The molecule has 0 aromatic heterocycles. The third-order valence-electron chi connectivity index (χ3n) is 5.30. The molecule has 0 fully saturated rings. The molecule has 0 aliphatic carbocycles. The van der Waals surface area contributed by atoms with Crippen molar-refractivity contribution >= 4 is 40.5 Å². The summed E-state index contributed by atoms with van der Waals surface area (Å²) in [6.07, 6.45) is 8.90. The first kappa shape index (κ1) is 34.1. The highest BCUT2D eigenvalue weighted by atomic mass is 32.2. The number of benzene rings is 2. The minimum absolute atomic E-state index is 0.207. The lowest BCUT2D eigenvalue weighted by atomic mass is 10.0. The summed E-state index contributed by atoms with van der Waals surface area (Å²) < 4.78 is 124. The summed E-state index contributed by atoms with van der Waals surface area (Å²) in [6, 6.07) is 7.97. The second-order valence-electron chi connectivity index (χ2n) is 8.32. The number of rotatable bonds is 13. The van der Waals surface area contributed by atoms with Crippen LogP contribution in [-0.2, 0) is 46.9 Å². The quantitative estimate of drug-likeness (QED) is 0.185. The Kier molecular flexibility index (Phi) is 13.0. The Bertz CT molecular complexity index is 1440. The van der Waals surface area contributed by atoms with Crippen molar-refractivity contribution < 1.29 is 51.9 Å². The van der Waals surface area contributed by atoms with Crippen molar-refractivity contribution in [3.05, 3.63) is 48.0 Å². The second-order valence-corrected chi connectivity index (χ2v) is 13.8. The highest BCUT2D eigenvalue weighted by Gasteiger charge is 2.26. The van der Waals surface area contributed by atoms with Gasteiger partial charge in [0, 0.05) is 0 Å². The zero-order chi connectivity index (χ0) is 29.2. The Morgan fingerprint density at radius 3 is 1.29 bits per heavy atom. The first-order chi connectivity index (χ1) is 17.4. The predicted molar refractivity (Wildman–Crippen MR) is 138 cm³/mol. The normalized spacial score (nSPS) is 12.6. The number of hydrogen-bond donors (Lipinski definition) is 4. The van der Waals surface area contributed by atoms with Crippen molar-refractivity contribution in [2.45, 2.75) is 84.3 Å². The third kappa shape index (κ3) is 11.4. The predicted octanol–water partition coefficient (Wildman–Crippen LogP) is 4.04. The van der Waals surface area contributed by atoms with Crippen LogP contribution in [0.5, 0.6) is 0 Å². The smallest absolute Gasteiger partial charge is 0.282 e. The number of unbranched alkanes of at least 4 members (excludes halogenated alkanes) is 7. The summed E-state index contributed by atoms with van der Waals surface area (Å²) in [4.78, 5) is -3.18. The zero-order valence-corrected chi connectivity index (χ0v) is 23.9. The SMILES string of the molecule is CCCCCCCCCCc1cccc(S(=O)(=O)O)c1S(=O)(=O)O.O=S(=O)(O)c1ccccc1S(=O)(=O)O. The molecule has 0 amide bonds. The molecule has 0 saturated carbocycles. The van der Waals surface area contributed by atoms with Crippen molar-refractivity contribution in [3.63, 3.8) is 0 Å². The second kappa shape index (κ2) is 14.5. The minimum Gasteiger partial charge on any atom is -0.282 e. The van der Waals surface area contributed by atoms with Crippen LogP contribution in [0.1, 0.15) is 63.9 Å². The average molecular weight is 617 g/mol. The van der Waals surface area contributed by atoms with Gasteiger partial charge >= 0.3 is 0 Å². The Balaban J connectivity index is 0.000000437. The van der Waals surface area contributed by atoms with E-state index in [-0.39, 0.29) is 5.56 Å². The van der Waals surface area contributed by atoms with Crippen LogP contribution in [0.15, 0.2) is 62.0 Å². The first-order valence-corrected chi connectivity index (χ1v) is 17.3. The van der Waals surface area contributed by atoms with Crippen LogP contribution in [0.3, 0.4) is 0 Å². The van der Waals surface area contributed by atoms with Crippen LogP contribution in [-0.4, -0.2) is 51.9 Å². The lowest BCUT2D eigenvalue weighted by Gasteiger charge is -2.10. The van der Waals surface area contributed by atoms with Gasteiger partial charge in [-0.05, 0) is 36.6 Å². The van der Waals surface area contributed by atoms with Gasteiger partial charge in [0.05, 0.1) is 0 Å². The van der Waals surface area contributed by atoms with E-state index in [0.717, 1.165) is 37.5 Å². The van der Waals surface area contributed by atoms with E-state index < -0.39 is 60.1 Å². The molecule has 0 bridgehead atoms. The molecule has 4 N–H and O–H groups in total. The first-order valence-electron chi connectivity index (χ1n) is 11.5. The van der Waals surface area contributed by atoms with E-state index in [4.69, 9.17) is 13.7 Å². The maximum Gasteiger partial charge on any atom is 0.296 e. The van der Waals surface area contributed by atoms with Gasteiger partial charge in [0.25, 0.3) is 40.5 Å². The van der Waals surface area contributed by atoms with Gasteiger partial charge < -0.3 is 0 Å². The van der Waals surface area contributed by atoms with E-state index in [0.29, 0.717) is 12.8 Å². The molecule has 0 spiro atoms. The number of aryl methyl sites for hydroxylation is 1. The Labute approximate surface area is 224 Å². The third-order valence-corrected chi connectivity index (χ3v) is 9.28. The summed E-state index contributed by atoms with van der Waals surface area (Å²) in [5.41, 5.74) is 0.207. The largest absolute Gasteiger partial charge is 0.296 e. The molecule has 216 valence electrons. The summed E-state index contributed by atoms with van der Waals surface area (Å²) in [5.74, 6) is 0. The monoisotopic (exact) mass is 616 g/mol. The van der Waals surface area contributed by atoms with Crippen LogP contribution in [0.4, 0.5) is 0 Å². The fourth-order valence-corrected chi connectivity index (χ4v) is 7.43. The van der Waals surface area contributed by atoms with Crippen molar-refractivity contribution in [1.82, 2.24) is 0 Å². The maximum atomic E-state index is 11.5. The van der Waals surface area contributed by atoms with Crippen LogP contribution in [0.2, 0.25) is 0 Å². The van der Waals surface area contributed by atoms with Crippen molar-refractivity contribution in [3.8, 4) is 0 Å². The van der Waals surface area contributed by atoms with Gasteiger partial charge in [0.2, 0.25) is 0 Å². The van der Waals surface area contributed by atoms with Crippen molar-refractivity contribution in [2.75, 3.05) is 0 Å². The lowest BCUT2D eigenvalue weighted by molar-refractivity contribution is 0.464. The van der Waals surface area contributed by atoms with Crippen LogP contribution >= 0.6 is 0 Å². The van der Waals surface area contributed by atoms with Gasteiger partial charge in [-0.25, -0.2) is 0 Å². The van der Waals surface area contributed by atoms with Gasteiger partial charge in [-0.1, -0.05) is 76.1 Å². The molecule has 16 heteroatoms. The summed E-state index contributed by atoms with van der Waals surface area (Å²) in [6.45, 7) is 2.16. The van der Waals surface area contributed by atoms with E-state index in [1.54, 1.807) is 0 Å². The van der Waals surface area contributed by atoms with Gasteiger partial charge in [-0.3, -0.25) is 18.2 Å². The molecule has 38 heavy (non-hydrogen) atoms. The molecule has 2 rings (SSSR count). The molecule has 0 saturated heterocycles. The molecule has 0 aliphatic rings. The van der Waals surface area contributed by atoms with Gasteiger partial charge in [0.15, 0.2) is 0 Å². The molecule has 0 unspecified atom stereocenters. The molecule has 0 atom stereocenters. The summed E-state index contributed by atoms with van der Waals surface area (Å²) in [7, 11) is -18.8. The van der Waals surface area contributed by atoms with Crippen molar-refractivity contribution in [2.24, 2.45) is 0 Å². The maximum absolute atomic E-state index is 11.5. The van der Waals surface area contributed by atoms with E-state index >= 15 is 0 Å². The molecule has 0 aliphatic heterocycles. The molecule has 2 aromatic rings. The van der Waals surface area contributed by atoms with Crippen LogP contribution in [0, 0.1) is 0 Å². The van der Waals surface area contributed by atoms with Crippen molar-refractivity contribution in [1.29, 1.82) is 0 Å². The van der Waals surface area contributed by atoms with Gasteiger partial charge in [-0.2, -0.15) is 33.7 Å². The van der Waals surface area contributed by atoms with E-state index in [9.17, 15) is 38.2 Å². The summed E-state index contributed by atoms with van der Waals surface area (Å²) >= 11 is 0. The Morgan fingerprint density at radius 2 is 0.895 bits per heavy atom. The summed E-state index contributed by atoms with van der Waals surface area (Å²) in [5, 5.41) is 0. The standard InChI is InChI=1S/C16H26O6S2.C6H6O6S2/c1-2-3-4-5-6-7-8-9-11-14-12-10-13-15(23(17,18)19)16(14)24(20,21)22;7-13(8,9)5-3-1-2-4-6(5)14(10,11)12/h10,12-13H,2-9,11H2,1H3,(H,17,18,19)(H,20,21,22);1-4H,(H,7,8,9)(H,10,11,12). The molecule has 12 nitrogen and oxygen atoms in total. The zero-order valence-electron chi connectivity index (χ0n) is 20.6. The highest BCUT2D eigenvalue weighted by Crippen LogP contribution is 2.26. The molecular formula is C22H32O12S4. The molecular weight excluding hydrogens is 584 g/mol. The topological polar surface area (TPSA) is 217 Å². The van der Waals surface area contributed by atoms with Crippen LogP contribution in [0.25, 0.3) is 0 Å². The fraction of sp³-hybridized carbons (Fsp3) is 0.455. The fourth-order valence-electron chi connectivity index (χ4n) is 3.58. The molecule has 0 radical (unpaired) electrons. The number of hydrogen-bond acceptors (Lipinski definition) is 8. The Morgan fingerprint density at radius 1 is 0.500 bits per heavy atom. The lowest BCUT2D eigenvalue weighted by Crippen LogP contribution is -2.11. The van der Waals surface area contributed by atoms with E-state index in [2.05, 4.69) is 6.92 Å². The average Bonchev–Trinajstić information content (AvgIpc) is 2.79. The minimum atomic E-state index is -4.74. The van der Waals surface area contributed by atoms with Gasteiger partial charge in [-0.15, -0.1) is 0 Å². The molecule has 0 heterocycles. The highest BCUT2D eigenvalue weighted by molar-refractivity contribution is 7.89.